The SMILES string of the molecule is CCC(C)(C)C(=O)C(C)=O.O=C(CCCCc1cccnc1)C1CCCCC1. The van der Waals surface area contributed by atoms with E-state index in [0.717, 1.165) is 38.5 Å². The lowest BCUT2D eigenvalue weighted by Crippen LogP contribution is -2.28. The van der Waals surface area contributed by atoms with Crippen LogP contribution in [0.3, 0.4) is 0 Å². The summed E-state index contributed by atoms with van der Waals surface area (Å²) in [5.41, 5.74) is 0.814. The highest BCUT2D eigenvalue weighted by molar-refractivity contribution is 6.38. The summed E-state index contributed by atoms with van der Waals surface area (Å²) in [5.74, 6) is 0.292. The molecule has 1 aromatic rings. The summed E-state index contributed by atoms with van der Waals surface area (Å²) in [6.45, 7) is 6.80. The van der Waals surface area contributed by atoms with E-state index < -0.39 is 5.41 Å². The first-order valence-electron chi connectivity index (χ1n) is 10.7. The van der Waals surface area contributed by atoms with Crippen LogP contribution in [0.5, 0.6) is 0 Å². The zero-order valence-corrected chi connectivity index (χ0v) is 18.1. The number of aromatic nitrogens is 1. The van der Waals surface area contributed by atoms with Gasteiger partial charge < -0.3 is 0 Å². The molecular formula is C24H37NO3. The van der Waals surface area contributed by atoms with E-state index in [1.165, 1.54) is 31.7 Å². The fourth-order valence-corrected chi connectivity index (χ4v) is 3.44. The molecule has 2 rings (SSSR count). The van der Waals surface area contributed by atoms with Crippen LogP contribution in [-0.2, 0) is 20.8 Å². The van der Waals surface area contributed by atoms with Gasteiger partial charge in [-0.05, 0) is 50.2 Å². The third-order valence-corrected chi connectivity index (χ3v) is 5.74. The van der Waals surface area contributed by atoms with Crippen molar-refractivity contribution in [3.8, 4) is 0 Å². The Kier molecular flexibility index (Phi) is 10.9. The molecule has 4 nitrogen and oxygen atoms in total. The number of Topliss-reactive ketones (excluding diaryl/α,β-unsaturated/α-hetero) is 3. The van der Waals surface area contributed by atoms with Crippen molar-refractivity contribution in [2.45, 2.75) is 91.9 Å². The third kappa shape index (κ3) is 8.90. The predicted octanol–water partition coefficient (Wildman–Crippen LogP) is 5.52. The minimum Gasteiger partial charge on any atom is -0.299 e. The van der Waals surface area contributed by atoms with Crippen LogP contribution in [0.15, 0.2) is 24.5 Å². The Morgan fingerprint density at radius 2 is 1.79 bits per heavy atom. The maximum Gasteiger partial charge on any atom is 0.203 e. The second kappa shape index (κ2) is 12.6. The number of nitrogens with zero attached hydrogens (tertiary/aromatic N) is 1. The van der Waals surface area contributed by atoms with Gasteiger partial charge in [0.25, 0.3) is 0 Å². The third-order valence-electron chi connectivity index (χ3n) is 5.74. The lowest BCUT2D eigenvalue weighted by atomic mass is 9.84. The van der Waals surface area contributed by atoms with Crippen LogP contribution in [0.1, 0.15) is 91.0 Å². The minimum absolute atomic E-state index is 0.269. The van der Waals surface area contributed by atoms with E-state index in [1.54, 1.807) is 20.0 Å². The fraction of sp³-hybridized carbons (Fsp3) is 0.667. The van der Waals surface area contributed by atoms with Gasteiger partial charge in [0.05, 0.1) is 0 Å². The molecule has 156 valence electrons. The zero-order valence-electron chi connectivity index (χ0n) is 18.1. The maximum atomic E-state index is 12.0. The molecule has 1 aliphatic carbocycles. The molecule has 1 saturated carbocycles. The number of unbranched alkanes of at least 4 members (excludes halogenated alkanes) is 1. The van der Waals surface area contributed by atoms with Gasteiger partial charge in [0.1, 0.15) is 5.78 Å². The average molecular weight is 388 g/mol. The molecule has 0 bridgehead atoms. The first-order valence-corrected chi connectivity index (χ1v) is 10.7. The van der Waals surface area contributed by atoms with Gasteiger partial charge in [-0.2, -0.15) is 0 Å². The lowest BCUT2D eigenvalue weighted by molar-refractivity contribution is -0.140. The molecule has 0 N–H and O–H groups in total. The van der Waals surface area contributed by atoms with Crippen molar-refractivity contribution in [1.82, 2.24) is 4.98 Å². The van der Waals surface area contributed by atoms with Crippen LogP contribution in [-0.4, -0.2) is 22.3 Å². The molecule has 1 aliphatic rings. The van der Waals surface area contributed by atoms with Crippen molar-refractivity contribution in [3.05, 3.63) is 30.1 Å². The van der Waals surface area contributed by atoms with Crippen LogP contribution in [0.25, 0.3) is 0 Å². The molecule has 0 aliphatic heterocycles. The first kappa shape index (κ1) is 24.2. The highest BCUT2D eigenvalue weighted by Gasteiger charge is 2.28. The van der Waals surface area contributed by atoms with Crippen molar-refractivity contribution in [1.29, 1.82) is 0 Å². The quantitative estimate of drug-likeness (QED) is 0.413. The topological polar surface area (TPSA) is 64.1 Å². The summed E-state index contributed by atoms with van der Waals surface area (Å²) >= 11 is 0. The van der Waals surface area contributed by atoms with Crippen molar-refractivity contribution in [2.24, 2.45) is 11.3 Å². The summed E-state index contributed by atoms with van der Waals surface area (Å²) in [6.07, 6.45) is 14.5. The Bertz CT molecular complexity index is 616. The van der Waals surface area contributed by atoms with E-state index in [4.69, 9.17) is 0 Å². The van der Waals surface area contributed by atoms with Gasteiger partial charge in [0, 0.05) is 37.1 Å². The molecule has 0 radical (unpaired) electrons. The maximum absolute atomic E-state index is 12.0. The normalized spacial score (nSPS) is 14.7. The molecule has 1 aromatic heterocycles. The Morgan fingerprint density at radius 1 is 1.11 bits per heavy atom. The molecule has 1 fully saturated rings. The summed E-state index contributed by atoms with van der Waals surface area (Å²) in [6, 6.07) is 4.08. The number of hydrogen-bond acceptors (Lipinski definition) is 4. The monoisotopic (exact) mass is 387 g/mol. The number of carbonyl (C=O) groups excluding carboxylic acids is 3. The average Bonchev–Trinajstić information content (AvgIpc) is 2.72. The molecule has 0 unspecified atom stereocenters. The molecule has 0 spiro atoms. The standard InChI is InChI=1S/C16H23NO.C8H14O2/c18-16(15-9-2-1-3-10-15)11-5-4-7-14-8-6-12-17-13-14;1-5-8(3,4)7(10)6(2)9/h6,8,12-13,15H,1-5,7,9-11H2;5H2,1-4H3. The number of rotatable bonds is 9. The van der Waals surface area contributed by atoms with E-state index in [2.05, 4.69) is 11.1 Å². The number of aryl methyl sites for hydroxylation is 1. The largest absolute Gasteiger partial charge is 0.299 e. The molecule has 28 heavy (non-hydrogen) atoms. The van der Waals surface area contributed by atoms with Gasteiger partial charge in [-0.25, -0.2) is 0 Å². The Morgan fingerprint density at radius 3 is 2.29 bits per heavy atom. The van der Waals surface area contributed by atoms with Crippen molar-refractivity contribution in [2.75, 3.05) is 0 Å². The first-order chi connectivity index (χ1) is 13.3. The van der Waals surface area contributed by atoms with Gasteiger partial charge in [-0.3, -0.25) is 19.4 Å². The number of pyridine rings is 1. The zero-order chi connectivity index (χ0) is 21.0. The molecule has 0 saturated heterocycles. The van der Waals surface area contributed by atoms with Crippen LogP contribution >= 0.6 is 0 Å². The smallest absolute Gasteiger partial charge is 0.203 e. The van der Waals surface area contributed by atoms with Crippen molar-refractivity contribution < 1.29 is 14.4 Å². The Balaban J connectivity index is 0.000000336. The number of ketones is 3. The van der Waals surface area contributed by atoms with Crippen LogP contribution < -0.4 is 0 Å². The van der Waals surface area contributed by atoms with Gasteiger partial charge >= 0.3 is 0 Å². The van der Waals surface area contributed by atoms with E-state index in [1.807, 2.05) is 19.2 Å². The predicted molar refractivity (Wildman–Crippen MR) is 113 cm³/mol. The molecule has 0 amide bonds. The van der Waals surface area contributed by atoms with Gasteiger partial charge in [-0.1, -0.05) is 46.1 Å². The Labute approximate surface area is 170 Å². The highest BCUT2D eigenvalue weighted by atomic mass is 16.2. The van der Waals surface area contributed by atoms with Crippen molar-refractivity contribution in [3.63, 3.8) is 0 Å². The van der Waals surface area contributed by atoms with Gasteiger partial charge in [0.15, 0.2) is 5.78 Å². The van der Waals surface area contributed by atoms with Gasteiger partial charge in [0.2, 0.25) is 5.78 Å². The van der Waals surface area contributed by atoms with Gasteiger partial charge in [-0.15, -0.1) is 0 Å². The van der Waals surface area contributed by atoms with E-state index in [9.17, 15) is 14.4 Å². The second-order valence-electron chi connectivity index (χ2n) is 8.49. The summed E-state index contributed by atoms with van der Waals surface area (Å²) < 4.78 is 0. The fourth-order valence-electron chi connectivity index (χ4n) is 3.44. The minimum atomic E-state index is -0.466. The van der Waals surface area contributed by atoms with E-state index in [0.29, 0.717) is 18.1 Å². The molecule has 1 heterocycles. The molecular weight excluding hydrogens is 350 g/mol. The van der Waals surface area contributed by atoms with E-state index in [-0.39, 0.29) is 11.6 Å². The molecule has 0 atom stereocenters. The van der Waals surface area contributed by atoms with Crippen LogP contribution in [0.4, 0.5) is 0 Å². The molecule has 0 aromatic carbocycles. The van der Waals surface area contributed by atoms with Crippen LogP contribution in [0.2, 0.25) is 0 Å². The van der Waals surface area contributed by atoms with Crippen LogP contribution in [0, 0.1) is 11.3 Å². The summed E-state index contributed by atoms with van der Waals surface area (Å²) in [7, 11) is 0. The summed E-state index contributed by atoms with van der Waals surface area (Å²) in [5, 5.41) is 0. The Hall–Kier alpha value is -1.84. The second-order valence-corrected chi connectivity index (χ2v) is 8.49. The van der Waals surface area contributed by atoms with E-state index >= 15 is 0 Å². The molecule has 4 heteroatoms. The number of carbonyl (C=O) groups is 3. The lowest BCUT2D eigenvalue weighted by Gasteiger charge is -2.20. The number of hydrogen-bond donors (Lipinski definition) is 0. The summed E-state index contributed by atoms with van der Waals surface area (Å²) in [4.78, 5) is 37.7. The van der Waals surface area contributed by atoms with Crippen molar-refractivity contribution >= 4 is 17.3 Å². The highest BCUT2D eigenvalue weighted by Crippen LogP contribution is 2.26.